The Morgan fingerprint density at radius 1 is 1.04 bits per heavy atom. The van der Waals surface area contributed by atoms with Crippen LogP contribution >= 0.6 is 0 Å². The normalized spacial score (nSPS) is 14.2. The molecule has 1 unspecified atom stereocenters. The zero-order chi connectivity index (χ0) is 18.7. The molecule has 26 heavy (non-hydrogen) atoms. The number of amides is 3. The first-order valence-corrected chi connectivity index (χ1v) is 8.43. The summed E-state index contributed by atoms with van der Waals surface area (Å²) in [5.74, 6) is -0.557. The SMILES string of the molecule is Cc1ccc(OCCNC(=O)C(C)N2C(=O)c3ccccc3C2=O)cc1. The number of fused-ring (bicyclic) bond motifs is 1. The number of rotatable bonds is 6. The van der Waals surface area contributed by atoms with E-state index in [9.17, 15) is 14.4 Å². The molecule has 0 aliphatic carbocycles. The second-order valence-electron chi connectivity index (χ2n) is 6.15. The fraction of sp³-hybridized carbons (Fsp3) is 0.250. The van der Waals surface area contributed by atoms with Crippen LogP contribution in [-0.4, -0.2) is 41.8 Å². The van der Waals surface area contributed by atoms with Crippen molar-refractivity contribution in [3.8, 4) is 5.75 Å². The first-order chi connectivity index (χ1) is 12.5. The molecule has 3 rings (SSSR count). The van der Waals surface area contributed by atoms with Crippen LogP contribution in [0.3, 0.4) is 0 Å². The van der Waals surface area contributed by atoms with Gasteiger partial charge in [0.2, 0.25) is 5.91 Å². The standard InChI is InChI=1S/C20H20N2O4/c1-13-7-9-15(10-8-13)26-12-11-21-18(23)14(2)22-19(24)16-5-3-4-6-17(16)20(22)25/h3-10,14H,11-12H2,1-2H3,(H,21,23). The molecule has 0 saturated heterocycles. The predicted molar refractivity (Wildman–Crippen MR) is 96.1 cm³/mol. The van der Waals surface area contributed by atoms with E-state index in [1.807, 2.05) is 31.2 Å². The van der Waals surface area contributed by atoms with Crippen molar-refractivity contribution >= 4 is 17.7 Å². The molecule has 0 saturated carbocycles. The second kappa shape index (κ2) is 7.39. The summed E-state index contributed by atoms with van der Waals surface area (Å²) in [4.78, 5) is 38.1. The van der Waals surface area contributed by atoms with E-state index in [-0.39, 0.29) is 6.54 Å². The van der Waals surface area contributed by atoms with Gasteiger partial charge in [-0.1, -0.05) is 29.8 Å². The zero-order valence-corrected chi connectivity index (χ0v) is 14.7. The van der Waals surface area contributed by atoms with Gasteiger partial charge >= 0.3 is 0 Å². The van der Waals surface area contributed by atoms with Gasteiger partial charge in [0.05, 0.1) is 17.7 Å². The number of aryl methyl sites for hydroxylation is 1. The van der Waals surface area contributed by atoms with Gasteiger partial charge in [-0.25, -0.2) is 0 Å². The van der Waals surface area contributed by atoms with Gasteiger partial charge in [-0.05, 0) is 38.1 Å². The molecule has 134 valence electrons. The van der Waals surface area contributed by atoms with E-state index >= 15 is 0 Å². The van der Waals surface area contributed by atoms with E-state index in [0.29, 0.717) is 17.7 Å². The van der Waals surface area contributed by atoms with E-state index < -0.39 is 23.8 Å². The van der Waals surface area contributed by atoms with Crippen molar-refractivity contribution in [2.24, 2.45) is 0 Å². The molecule has 0 aromatic heterocycles. The Kier molecular flexibility index (Phi) is 5.02. The maximum Gasteiger partial charge on any atom is 0.262 e. The zero-order valence-electron chi connectivity index (χ0n) is 14.7. The summed E-state index contributed by atoms with van der Waals surface area (Å²) >= 11 is 0. The Morgan fingerprint density at radius 3 is 2.19 bits per heavy atom. The van der Waals surface area contributed by atoms with E-state index in [4.69, 9.17) is 4.74 Å². The lowest BCUT2D eigenvalue weighted by Gasteiger charge is -2.21. The van der Waals surface area contributed by atoms with Crippen LogP contribution in [0.25, 0.3) is 0 Å². The quantitative estimate of drug-likeness (QED) is 0.639. The second-order valence-corrected chi connectivity index (χ2v) is 6.15. The lowest BCUT2D eigenvalue weighted by molar-refractivity contribution is -0.124. The van der Waals surface area contributed by atoms with Crippen molar-refractivity contribution in [2.45, 2.75) is 19.9 Å². The highest BCUT2D eigenvalue weighted by Gasteiger charge is 2.40. The average Bonchev–Trinajstić information content (AvgIpc) is 2.90. The third-order valence-corrected chi connectivity index (χ3v) is 4.28. The summed E-state index contributed by atoms with van der Waals surface area (Å²) in [6, 6.07) is 13.3. The largest absolute Gasteiger partial charge is 0.492 e. The van der Waals surface area contributed by atoms with Crippen molar-refractivity contribution in [3.05, 3.63) is 65.2 Å². The summed E-state index contributed by atoms with van der Waals surface area (Å²) in [7, 11) is 0. The van der Waals surface area contributed by atoms with Crippen LogP contribution in [0.5, 0.6) is 5.75 Å². The average molecular weight is 352 g/mol. The van der Waals surface area contributed by atoms with E-state index in [2.05, 4.69) is 5.32 Å². The maximum atomic E-state index is 12.4. The first kappa shape index (κ1) is 17.7. The highest BCUT2D eigenvalue weighted by atomic mass is 16.5. The predicted octanol–water partition coefficient (Wildman–Crippen LogP) is 2.17. The van der Waals surface area contributed by atoms with Crippen molar-refractivity contribution in [3.63, 3.8) is 0 Å². The molecule has 6 nitrogen and oxygen atoms in total. The molecule has 3 amide bonds. The van der Waals surface area contributed by atoms with Crippen LogP contribution < -0.4 is 10.1 Å². The Hall–Kier alpha value is -3.15. The van der Waals surface area contributed by atoms with E-state index in [1.165, 1.54) is 6.92 Å². The molecule has 0 radical (unpaired) electrons. The van der Waals surface area contributed by atoms with Crippen molar-refractivity contribution < 1.29 is 19.1 Å². The van der Waals surface area contributed by atoms with Crippen LogP contribution in [-0.2, 0) is 4.79 Å². The van der Waals surface area contributed by atoms with Gasteiger partial charge in [0.25, 0.3) is 11.8 Å². The lowest BCUT2D eigenvalue weighted by Crippen LogP contribution is -2.48. The Balaban J connectivity index is 1.53. The number of carbonyl (C=O) groups is 3. The summed E-state index contributed by atoms with van der Waals surface area (Å²) in [5, 5.41) is 2.70. The third-order valence-electron chi connectivity index (χ3n) is 4.28. The molecule has 1 aliphatic rings. The van der Waals surface area contributed by atoms with Crippen LogP contribution in [0.2, 0.25) is 0 Å². The number of hydrogen-bond donors (Lipinski definition) is 1. The fourth-order valence-corrected chi connectivity index (χ4v) is 2.80. The molecule has 2 aromatic carbocycles. The van der Waals surface area contributed by atoms with Crippen molar-refractivity contribution in [1.82, 2.24) is 10.2 Å². The number of nitrogens with one attached hydrogen (secondary N) is 1. The highest BCUT2D eigenvalue weighted by Crippen LogP contribution is 2.24. The fourth-order valence-electron chi connectivity index (χ4n) is 2.80. The topological polar surface area (TPSA) is 75.7 Å². The summed E-state index contributed by atoms with van der Waals surface area (Å²) in [6.45, 7) is 4.10. The van der Waals surface area contributed by atoms with Crippen LogP contribution in [0, 0.1) is 6.92 Å². The molecule has 1 aliphatic heterocycles. The molecule has 0 bridgehead atoms. The molecule has 2 aromatic rings. The Labute approximate surface area is 151 Å². The number of benzene rings is 2. The van der Waals surface area contributed by atoms with Gasteiger partial charge < -0.3 is 10.1 Å². The Bertz CT molecular complexity index is 810. The third kappa shape index (κ3) is 3.44. The molecule has 0 spiro atoms. The number of hydrogen-bond acceptors (Lipinski definition) is 4. The van der Waals surface area contributed by atoms with Gasteiger partial charge in [0, 0.05) is 0 Å². The monoisotopic (exact) mass is 352 g/mol. The number of ether oxygens (including phenoxy) is 1. The van der Waals surface area contributed by atoms with E-state index in [0.717, 1.165) is 16.2 Å². The van der Waals surface area contributed by atoms with E-state index in [1.54, 1.807) is 24.3 Å². The van der Waals surface area contributed by atoms with Gasteiger partial charge in [0.1, 0.15) is 18.4 Å². The molecule has 1 atom stereocenters. The van der Waals surface area contributed by atoms with Crippen molar-refractivity contribution in [2.75, 3.05) is 13.2 Å². The number of carbonyl (C=O) groups excluding carboxylic acids is 3. The van der Waals surface area contributed by atoms with Gasteiger partial charge in [-0.15, -0.1) is 0 Å². The molecule has 0 fully saturated rings. The Morgan fingerprint density at radius 2 is 1.62 bits per heavy atom. The van der Waals surface area contributed by atoms with Gasteiger partial charge in [-0.3, -0.25) is 19.3 Å². The number of imide groups is 1. The summed E-state index contributed by atoms with van der Waals surface area (Å²) in [5.41, 5.74) is 1.81. The molecular weight excluding hydrogens is 332 g/mol. The minimum absolute atomic E-state index is 0.278. The molecule has 6 heteroatoms. The smallest absolute Gasteiger partial charge is 0.262 e. The minimum Gasteiger partial charge on any atom is -0.492 e. The van der Waals surface area contributed by atoms with Gasteiger partial charge in [-0.2, -0.15) is 0 Å². The first-order valence-electron chi connectivity index (χ1n) is 8.43. The summed E-state index contributed by atoms with van der Waals surface area (Å²) < 4.78 is 5.55. The highest BCUT2D eigenvalue weighted by molar-refractivity contribution is 6.22. The minimum atomic E-state index is -0.887. The molecule has 1 heterocycles. The van der Waals surface area contributed by atoms with Crippen LogP contribution in [0.1, 0.15) is 33.2 Å². The lowest BCUT2D eigenvalue weighted by atomic mass is 10.1. The molecular formula is C20H20N2O4. The van der Waals surface area contributed by atoms with Crippen molar-refractivity contribution in [1.29, 1.82) is 0 Å². The van der Waals surface area contributed by atoms with Crippen LogP contribution in [0.15, 0.2) is 48.5 Å². The maximum absolute atomic E-state index is 12.4. The summed E-state index contributed by atoms with van der Waals surface area (Å²) in [6.07, 6.45) is 0. The van der Waals surface area contributed by atoms with Gasteiger partial charge in [0.15, 0.2) is 0 Å². The number of nitrogens with zero attached hydrogens (tertiary/aromatic N) is 1. The molecule has 1 N–H and O–H groups in total. The van der Waals surface area contributed by atoms with Crippen LogP contribution in [0.4, 0.5) is 0 Å².